The fraction of sp³-hybridized carbons (Fsp3) is 0.738. The van der Waals surface area contributed by atoms with Gasteiger partial charge in [-0.15, -0.1) is 0 Å². The average molecular weight is 791 g/mol. The van der Waals surface area contributed by atoms with Crippen molar-refractivity contribution in [1.29, 1.82) is 0 Å². The minimum absolute atomic E-state index is 0.00503. The Labute approximate surface area is 335 Å². The minimum Gasteiger partial charge on any atom is -0.481 e. The monoisotopic (exact) mass is 791 g/mol. The normalized spacial score (nSPS) is 18.0. The van der Waals surface area contributed by atoms with Crippen molar-refractivity contribution in [2.75, 3.05) is 72.0 Å². The van der Waals surface area contributed by atoms with E-state index in [1.807, 2.05) is 122 Å². The number of rotatable bonds is 13. The molecule has 0 unspecified atom stereocenters. The van der Waals surface area contributed by atoms with Crippen LogP contribution in [0.4, 0.5) is 0 Å². The number of carbonyl (C=O) groups is 5. The molecule has 1 aromatic rings. The first-order valence-corrected chi connectivity index (χ1v) is 19.7. The van der Waals surface area contributed by atoms with Gasteiger partial charge in [0.25, 0.3) is 0 Å². The molecule has 1 heterocycles. The molecule has 318 valence electrons. The highest BCUT2D eigenvalue weighted by Crippen LogP contribution is 2.18. The quantitative estimate of drug-likeness (QED) is 0.224. The molecular formula is C42H70N4O10. The van der Waals surface area contributed by atoms with Crippen LogP contribution in [0.25, 0.3) is 0 Å². The van der Waals surface area contributed by atoms with E-state index in [2.05, 4.69) is 4.90 Å². The van der Waals surface area contributed by atoms with Crippen LogP contribution in [-0.2, 0) is 55.8 Å². The Hall–Kier alpha value is -3.59. The fourth-order valence-corrected chi connectivity index (χ4v) is 6.18. The maximum absolute atomic E-state index is 13.5. The van der Waals surface area contributed by atoms with E-state index < -0.39 is 40.3 Å². The topological polar surface area (TPSA) is 155 Å². The summed E-state index contributed by atoms with van der Waals surface area (Å²) < 4.78 is 22.9. The van der Waals surface area contributed by atoms with Crippen LogP contribution in [0.3, 0.4) is 0 Å². The number of carboxylic acid groups (broad SMARTS) is 1. The van der Waals surface area contributed by atoms with Crippen LogP contribution >= 0.6 is 0 Å². The first-order chi connectivity index (χ1) is 25.6. The number of ether oxygens (including phenoxy) is 4. The lowest BCUT2D eigenvalue weighted by atomic mass is 10.0. The molecule has 0 radical (unpaired) electrons. The largest absolute Gasteiger partial charge is 0.481 e. The standard InChI is InChI=1S/C42H70N4O10/c1-39(2,3)53-35(49)27-43-19-20-44(28-36(50)54-40(4,5)6)23-24-46(30-38(52)56-42(10,11)12)33(25-32-15-13-31(14-16-32)17-18-34(47)48)26-45(22-21-43)29-37(51)55-41(7,8)9/h13-16,33H,17-30H2,1-12H3,(H,47,48)/t33-/m0/s1. The summed E-state index contributed by atoms with van der Waals surface area (Å²) in [5.74, 6) is -2.43. The summed E-state index contributed by atoms with van der Waals surface area (Å²) in [6, 6.07) is 7.45. The van der Waals surface area contributed by atoms with Gasteiger partial charge in [-0.05, 0) is 107 Å². The van der Waals surface area contributed by atoms with E-state index in [1.54, 1.807) is 0 Å². The van der Waals surface area contributed by atoms with Crippen LogP contribution in [-0.4, -0.2) is 155 Å². The first kappa shape index (κ1) is 48.6. The molecule has 1 atom stereocenters. The predicted molar refractivity (Wildman–Crippen MR) is 214 cm³/mol. The summed E-state index contributed by atoms with van der Waals surface area (Å²) in [5.41, 5.74) is -0.905. The molecule has 14 heteroatoms. The molecular weight excluding hydrogens is 720 g/mol. The summed E-state index contributed by atoms with van der Waals surface area (Å²) in [5, 5.41) is 9.18. The molecule has 2 rings (SSSR count). The molecule has 0 aromatic heterocycles. The zero-order chi connectivity index (χ0) is 42.5. The second kappa shape index (κ2) is 21.2. The predicted octanol–water partition coefficient (Wildman–Crippen LogP) is 4.20. The van der Waals surface area contributed by atoms with Gasteiger partial charge in [0.1, 0.15) is 22.4 Å². The second-order valence-corrected chi connectivity index (χ2v) is 18.7. The zero-order valence-corrected chi connectivity index (χ0v) is 36.2. The van der Waals surface area contributed by atoms with Gasteiger partial charge < -0.3 is 24.1 Å². The molecule has 1 aliphatic rings. The Bertz CT molecular complexity index is 1440. The SMILES string of the molecule is CC(C)(C)OC(=O)CN1CCN(CC(=O)OC(C)(C)C)CCN(CC(=O)OC(C)(C)C)[C@@H](Cc2ccc(CCC(=O)O)cc2)CN(CC(=O)OC(C)(C)C)CC1. The molecule has 1 aromatic carbocycles. The third kappa shape index (κ3) is 22.2. The maximum atomic E-state index is 13.5. The van der Waals surface area contributed by atoms with Crippen molar-refractivity contribution >= 4 is 29.8 Å². The Morgan fingerprint density at radius 1 is 0.536 bits per heavy atom. The van der Waals surface area contributed by atoms with E-state index in [-0.39, 0.29) is 50.6 Å². The Morgan fingerprint density at radius 2 is 0.875 bits per heavy atom. The molecule has 14 nitrogen and oxygen atoms in total. The van der Waals surface area contributed by atoms with Crippen molar-refractivity contribution in [1.82, 2.24) is 19.6 Å². The van der Waals surface area contributed by atoms with Crippen molar-refractivity contribution in [3.05, 3.63) is 35.4 Å². The smallest absolute Gasteiger partial charge is 0.320 e. The molecule has 0 amide bonds. The Kier molecular flexibility index (Phi) is 18.4. The van der Waals surface area contributed by atoms with E-state index in [4.69, 9.17) is 18.9 Å². The number of aryl methyl sites for hydroxylation is 1. The van der Waals surface area contributed by atoms with Crippen molar-refractivity contribution in [3.63, 3.8) is 0 Å². The van der Waals surface area contributed by atoms with E-state index in [9.17, 15) is 29.1 Å². The van der Waals surface area contributed by atoms with Crippen molar-refractivity contribution in [3.8, 4) is 0 Å². The van der Waals surface area contributed by atoms with E-state index in [0.717, 1.165) is 11.1 Å². The van der Waals surface area contributed by atoms with Crippen LogP contribution in [0.15, 0.2) is 24.3 Å². The number of benzene rings is 1. The van der Waals surface area contributed by atoms with E-state index in [0.29, 0.717) is 58.7 Å². The molecule has 1 aliphatic heterocycles. The highest BCUT2D eigenvalue weighted by Gasteiger charge is 2.31. The van der Waals surface area contributed by atoms with Crippen molar-refractivity contribution in [2.24, 2.45) is 0 Å². The lowest BCUT2D eigenvalue weighted by molar-refractivity contribution is -0.160. The summed E-state index contributed by atoms with van der Waals surface area (Å²) in [4.78, 5) is 72.4. The number of aliphatic carboxylic acids is 1. The minimum atomic E-state index is -0.865. The molecule has 1 fully saturated rings. The van der Waals surface area contributed by atoms with E-state index in [1.165, 1.54) is 0 Å². The summed E-state index contributed by atoms with van der Waals surface area (Å²) >= 11 is 0. The van der Waals surface area contributed by atoms with Crippen LogP contribution in [0.2, 0.25) is 0 Å². The number of esters is 4. The van der Waals surface area contributed by atoms with Crippen molar-refractivity contribution < 1.29 is 48.0 Å². The molecule has 1 N–H and O–H groups in total. The van der Waals surface area contributed by atoms with Crippen LogP contribution < -0.4 is 0 Å². The highest BCUT2D eigenvalue weighted by atomic mass is 16.6. The zero-order valence-electron chi connectivity index (χ0n) is 36.2. The number of hydrogen-bond acceptors (Lipinski definition) is 13. The third-order valence-corrected chi connectivity index (χ3v) is 8.35. The van der Waals surface area contributed by atoms with Gasteiger partial charge in [-0.1, -0.05) is 24.3 Å². The number of carbonyl (C=O) groups excluding carboxylic acids is 4. The summed E-state index contributed by atoms with van der Waals surface area (Å²) in [7, 11) is 0. The van der Waals surface area contributed by atoms with Gasteiger partial charge in [-0.2, -0.15) is 0 Å². The summed E-state index contributed by atoms with van der Waals surface area (Å²) in [6.45, 7) is 24.5. The van der Waals surface area contributed by atoms with Gasteiger partial charge in [0.2, 0.25) is 0 Å². The van der Waals surface area contributed by atoms with Gasteiger partial charge in [0.15, 0.2) is 0 Å². The van der Waals surface area contributed by atoms with Gasteiger partial charge in [0, 0.05) is 58.3 Å². The molecule has 56 heavy (non-hydrogen) atoms. The number of hydrogen-bond donors (Lipinski definition) is 1. The molecule has 1 saturated heterocycles. The van der Waals surface area contributed by atoms with Gasteiger partial charge >= 0.3 is 29.8 Å². The van der Waals surface area contributed by atoms with Crippen molar-refractivity contribution in [2.45, 2.75) is 131 Å². The lowest BCUT2D eigenvalue weighted by Crippen LogP contribution is -2.54. The maximum Gasteiger partial charge on any atom is 0.320 e. The van der Waals surface area contributed by atoms with E-state index >= 15 is 0 Å². The Balaban J connectivity index is 2.62. The molecule has 0 bridgehead atoms. The first-order valence-electron chi connectivity index (χ1n) is 19.7. The Morgan fingerprint density at radius 3 is 1.27 bits per heavy atom. The van der Waals surface area contributed by atoms with Crippen LogP contribution in [0.1, 0.15) is 101 Å². The lowest BCUT2D eigenvalue weighted by Gasteiger charge is -2.39. The average Bonchev–Trinajstić information content (AvgIpc) is 2.98. The van der Waals surface area contributed by atoms with Crippen LogP contribution in [0.5, 0.6) is 0 Å². The molecule has 0 aliphatic carbocycles. The third-order valence-electron chi connectivity index (χ3n) is 8.35. The molecule has 0 spiro atoms. The second-order valence-electron chi connectivity index (χ2n) is 18.7. The number of carboxylic acids is 1. The highest BCUT2D eigenvalue weighted by molar-refractivity contribution is 5.73. The fourth-order valence-electron chi connectivity index (χ4n) is 6.18. The molecule has 0 saturated carbocycles. The van der Waals surface area contributed by atoms with Gasteiger partial charge in [-0.3, -0.25) is 43.6 Å². The van der Waals surface area contributed by atoms with Gasteiger partial charge in [-0.25, -0.2) is 0 Å². The summed E-state index contributed by atoms with van der Waals surface area (Å²) in [6.07, 6.45) is 0.914. The van der Waals surface area contributed by atoms with Gasteiger partial charge in [0.05, 0.1) is 26.2 Å². The number of nitrogens with zero attached hydrogens (tertiary/aromatic N) is 4. The van der Waals surface area contributed by atoms with Crippen LogP contribution in [0, 0.1) is 0 Å².